The molecule has 10 nitrogen and oxygen atoms in total. The molecule has 0 atom stereocenters. The number of carbonyl (C=O) groups is 4. The predicted molar refractivity (Wildman–Crippen MR) is 165 cm³/mol. The van der Waals surface area contributed by atoms with E-state index in [9.17, 15) is 34.5 Å². The highest BCUT2D eigenvalue weighted by Gasteiger charge is 2.47. The monoisotopic (exact) mass is 598 g/mol. The van der Waals surface area contributed by atoms with Crippen LogP contribution in [0.5, 0.6) is 0 Å². The molecule has 0 fully saturated rings. The molecule has 0 unspecified atom stereocenters. The van der Waals surface area contributed by atoms with Gasteiger partial charge in [0.15, 0.2) is 5.71 Å². The smallest absolute Gasteiger partial charge is 0.323 e. The third-order valence-corrected chi connectivity index (χ3v) is 8.90. The fourth-order valence-electron chi connectivity index (χ4n) is 6.56. The van der Waals surface area contributed by atoms with E-state index in [0.29, 0.717) is 6.54 Å². The van der Waals surface area contributed by atoms with Crippen LogP contribution < -0.4 is 4.90 Å². The Bertz CT molecular complexity index is 1760. The Hall–Kier alpha value is -4.99. The van der Waals surface area contributed by atoms with Crippen molar-refractivity contribution in [2.75, 3.05) is 31.6 Å². The third kappa shape index (κ3) is 4.70. The van der Waals surface area contributed by atoms with Gasteiger partial charge in [0.1, 0.15) is 25.9 Å². The number of allylic oxidation sites excluding steroid dienone is 5. The van der Waals surface area contributed by atoms with Crippen molar-refractivity contribution in [3.05, 3.63) is 93.9 Å². The molecule has 2 aromatic carbocycles. The van der Waals surface area contributed by atoms with Crippen molar-refractivity contribution in [1.82, 2.24) is 4.90 Å². The molecule has 2 heterocycles. The topological polar surface area (TPSA) is 138 Å². The number of fused-ring (bicyclic) bond motifs is 2. The maximum absolute atomic E-state index is 13.5. The summed E-state index contributed by atoms with van der Waals surface area (Å²) in [5.41, 5.74) is 4.94. The van der Waals surface area contributed by atoms with Crippen LogP contribution in [0.15, 0.2) is 77.2 Å². The van der Waals surface area contributed by atoms with Gasteiger partial charge in [0.2, 0.25) is 11.5 Å². The number of aliphatic hydroxyl groups excluding tert-OH is 1. The van der Waals surface area contributed by atoms with Crippen LogP contribution in [0, 0.1) is 0 Å². The molecule has 1 aliphatic carbocycles. The highest BCUT2D eigenvalue weighted by Crippen LogP contribution is 2.49. The fourth-order valence-corrected chi connectivity index (χ4v) is 6.56. The van der Waals surface area contributed by atoms with Crippen LogP contribution in [0.3, 0.4) is 0 Å². The third-order valence-electron chi connectivity index (χ3n) is 8.90. The zero-order chi connectivity index (χ0) is 32.3. The van der Waals surface area contributed by atoms with E-state index < -0.39 is 36.4 Å². The number of carboxylic acids is 2. The lowest BCUT2D eigenvalue weighted by Gasteiger charge is -2.28. The first-order chi connectivity index (χ1) is 20.6. The Balaban J connectivity index is 1.48. The maximum Gasteiger partial charge on any atom is 0.323 e. The van der Waals surface area contributed by atoms with Crippen LogP contribution in [-0.4, -0.2) is 80.8 Å². The Morgan fingerprint density at radius 3 is 2.16 bits per heavy atom. The van der Waals surface area contributed by atoms with Crippen molar-refractivity contribution in [2.24, 2.45) is 0 Å². The van der Waals surface area contributed by atoms with Gasteiger partial charge in [-0.05, 0) is 50.6 Å². The number of hydrogen-bond acceptors (Lipinski definition) is 6. The average molecular weight is 599 g/mol. The summed E-state index contributed by atoms with van der Waals surface area (Å²) in [7, 11) is 1.83. The molecule has 0 saturated carbocycles. The van der Waals surface area contributed by atoms with Crippen molar-refractivity contribution in [1.29, 1.82) is 0 Å². The van der Waals surface area contributed by atoms with Gasteiger partial charge in [-0.2, -0.15) is 4.58 Å². The lowest BCUT2D eigenvalue weighted by molar-refractivity contribution is -0.401. The lowest BCUT2D eigenvalue weighted by Crippen LogP contribution is -2.39. The van der Waals surface area contributed by atoms with Gasteiger partial charge in [-0.1, -0.05) is 32.0 Å². The van der Waals surface area contributed by atoms with Crippen LogP contribution in [-0.2, 0) is 25.2 Å². The van der Waals surface area contributed by atoms with E-state index in [2.05, 4.69) is 37.8 Å². The first kappa shape index (κ1) is 30.5. The first-order valence-corrected chi connectivity index (χ1v) is 14.4. The van der Waals surface area contributed by atoms with E-state index in [4.69, 9.17) is 0 Å². The normalized spacial score (nSPS) is 19.8. The molecule has 0 bridgehead atoms. The van der Waals surface area contributed by atoms with Gasteiger partial charge in [0.25, 0.3) is 5.91 Å². The number of benzene rings is 2. The van der Waals surface area contributed by atoms with Crippen LogP contribution in [0.25, 0.3) is 0 Å². The molecule has 5 rings (SSSR count). The van der Waals surface area contributed by atoms with Gasteiger partial charge in [-0.15, -0.1) is 0 Å². The van der Waals surface area contributed by atoms with E-state index in [1.54, 1.807) is 24.3 Å². The molecular weight excluding hydrogens is 562 g/mol. The molecule has 3 N–H and O–H groups in total. The molecular formula is C34H36N3O7+. The Labute approximate surface area is 255 Å². The largest absolute Gasteiger partial charge is 0.506 e. The summed E-state index contributed by atoms with van der Waals surface area (Å²) in [6.07, 6.45) is 3.47. The molecule has 3 aliphatic rings. The summed E-state index contributed by atoms with van der Waals surface area (Å²) in [6.45, 7) is 9.32. The molecule has 0 aromatic heterocycles. The standard InChI is InChI=1S/C34H35N3O7/c1-7-37-25-11-9-8-10-22(25)33(2,3)27(37)16-21-30(42)20(31(21)43)15-26-34(4,5)23-14-19(12-13-24(23)35(26)6)32(44)36(17-28(38)39)18-29(40)41/h8-16H,7,17-18H2,1-6H3,(H2-,38,39,40,41,42,43)/p+1. The van der Waals surface area contributed by atoms with Gasteiger partial charge in [0.05, 0.1) is 16.6 Å². The number of aliphatic hydroxyl groups is 1. The number of carbonyl (C=O) groups excluding carboxylic acids is 2. The Morgan fingerprint density at radius 2 is 1.57 bits per heavy atom. The van der Waals surface area contributed by atoms with Crippen LogP contribution in [0.2, 0.25) is 0 Å². The molecule has 1 amide bonds. The number of para-hydroxylation sites is 1. The number of aliphatic carboxylic acids is 2. The zero-order valence-corrected chi connectivity index (χ0v) is 25.6. The Morgan fingerprint density at radius 1 is 0.932 bits per heavy atom. The highest BCUT2D eigenvalue weighted by molar-refractivity contribution is 6.24. The summed E-state index contributed by atoms with van der Waals surface area (Å²) in [4.78, 5) is 52.1. The second kappa shape index (κ2) is 10.6. The maximum atomic E-state index is 13.5. The summed E-state index contributed by atoms with van der Waals surface area (Å²) in [5.74, 6) is -3.70. The van der Waals surface area contributed by atoms with Crippen LogP contribution >= 0.6 is 0 Å². The highest BCUT2D eigenvalue weighted by atomic mass is 16.4. The summed E-state index contributed by atoms with van der Waals surface area (Å²) < 4.78 is 1.88. The number of nitrogens with zero attached hydrogens (tertiary/aromatic N) is 3. The molecule has 0 saturated heterocycles. The molecule has 228 valence electrons. The minimum absolute atomic E-state index is 0.0770. The number of amides is 1. The van der Waals surface area contributed by atoms with Crippen molar-refractivity contribution >= 4 is 40.7 Å². The molecule has 10 heteroatoms. The summed E-state index contributed by atoms with van der Waals surface area (Å²) in [5, 5.41) is 29.5. The van der Waals surface area contributed by atoms with Gasteiger partial charge in [-0.25, -0.2) is 0 Å². The molecule has 2 aromatic rings. The van der Waals surface area contributed by atoms with Crippen LogP contribution in [0.1, 0.15) is 56.1 Å². The lowest BCUT2D eigenvalue weighted by atomic mass is 9.77. The van der Waals surface area contributed by atoms with E-state index in [1.807, 2.05) is 37.6 Å². The van der Waals surface area contributed by atoms with E-state index in [1.165, 1.54) is 6.07 Å². The summed E-state index contributed by atoms with van der Waals surface area (Å²) >= 11 is 0. The fraction of sp³-hybridized carbons (Fsp3) is 0.324. The number of likely N-dealkylation sites (N-methyl/N-ethyl adjacent to an activating group) is 1. The number of anilines is 1. The Kier molecular flexibility index (Phi) is 7.36. The van der Waals surface area contributed by atoms with Crippen molar-refractivity contribution in [3.8, 4) is 0 Å². The minimum Gasteiger partial charge on any atom is -0.506 e. The summed E-state index contributed by atoms with van der Waals surface area (Å²) in [6, 6.07) is 13.0. The number of Topliss-reactive ketones (excluding diaryl/α,β-unsaturated/α-hetero) is 1. The van der Waals surface area contributed by atoms with Crippen molar-refractivity contribution in [2.45, 2.75) is 45.4 Å². The SMILES string of the molecule is CCN1/C(=C\C2=C(O)C(=C/C3=[N+](C)c4ccc(C(=O)N(CC(=O)O)CC(=O)O)cc4C3(C)C)/C2=O)C(C)(C)c2ccccc21. The van der Waals surface area contributed by atoms with E-state index in [0.717, 1.165) is 38.8 Å². The number of ketones is 1. The van der Waals surface area contributed by atoms with Gasteiger partial charge < -0.3 is 25.1 Å². The number of carboxylic acid groups (broad SMARTS) is 2. The van der Waals surface area contributed by atoms with Gasteiger partial charge in [0, 0.05) is 46.6 Å². The van der Waals surface area contributed by atoms with Crippen molar-refractivity contribution in [3.63, 3.8) is 0 Å². The van der Waals surface area contributed by atoms with Gasteiger partial charge in [-0.3, -0.25) is 19.2 Å². The van der Waals surface area contributed by atoms with E-state index in [-0.39, 0.29) is 33.7 Å². The van der Waals surface area contributed by atoms with Gasteiger partial charge >= 0.3 is 11.9 Å². The predicted octanol–water partition coefficient (Wildman–Crippen LogP) is 4.33. The van der Waals surface area contributed by atoms with Crippen LogP contribution in [0.4, 0.5) is 11.4 Å². The van der Waals surface area contributed by atoms with Crippen molar-refractivity contribution < 1.29 is 39.1 Å². The molecule has 44 heavy (non-hydrogen) atoms. The van der Waals surface area contributed by atoms with E-state index >= 15 is 0 Å². The second-order valence-corrected chi connectivity index (χ2v) is 12.3. The minimum atomic E-state index is -1.32. The zero-order valence-electron chi connectivity index (χ0n) is 25.6. The average Bonchev–Trinajstić information content (AvgIpc) is 3.30. The second-order valence-electron chi connectivity index (χ2n) is 12.3. The number of hydrogen-bond donors (Lipinski definition) is 3. The molecule has 0 spiro atoms. The number of rotatable bonds is 8. The first-order valence-electron chi connectivity index (χ1n) is 14.4. The quantitative estimate of drug-likeness (QED) is 0.302. The molecule has 2 aliphatic heterocycles. The molecule has 0 radical (unpaired) electrons.